The van der Waals surface area contributed by atoms with Crippen molar-refractivity contribution in [2.75, 3.05) is 5.32 Å². The first-order valence-electron chi connectivity index (χ1n) is 6.48. The van der Waals surface area contributed by atoms with Gasteiger partial charge in [0.15, 0.2) is 11.6 Å². The maximum atomic E-state index is 12.7. The minimum Gasteiger partial charge on any atom is -0.505 e. The van der Waals surface area contributed by atoms with Gasteiger partial charge in [0.1, 0.15) is 16.5 Å². The van der Waals surface area contributed by atoms with Gasteiger partial charge in [-0.15, -0.1) is 22.7 Å². The lowest BCUT2D eigenvalue weighted by atomic mass is 10.2. The van der Waals surface area contributed by atoms with E-state index in [1.807, 2.05) is 0 Å². The van der Waals surface area contributed by atoms with Crippen LogP contribution in [0.15, 0.2) is 35.0 Å². The van der Waals surface area contributed by atoms with Crippen LogP contribution < -0.4 is 5.32 Å². The van der Waals surface area contributed by atoms with Gasteiger partial charge >= 0.3 is 0 Å². The highest BCUT2D eigenvalue weighted by molar-refractivity contribution is 9.08. The lowest BCUT2D eigenvalue weighted by Gasteiger charge is -2.03. The molecule has 0 saturated carbocycles. The Labute approximate surface area is 152 Å². The fraction of sp³-hybridized carbons (Fsp3) is 0.0667. The second-order valence-electron chi connectivity index (χ2n) is 4.27. The molecule has 126 valence electrons. The number of phenols is 1. The van der Waals surface area contributed by atoms with Gasteiger partial charge < -0.3 is 10.4 Å². The summed E-state index contributed by atoms with van der Waals surface area (Å²) < 4.78 is 25.4. The van der Waals surface area contributed by atoms with Gasteiger partial charge in [0, 0.05) is 10.7 Å². The van der Waals surface area contributed by atoms with Crippen LogP contribution in [0.25, 0.3) is 9.88 Å². The molecule has 1 amide bonds. The van der Waals surface area contributed by atoms with Crippen molar-refractivity contribution in [2.24, 2.45) is 0 Å². The number of anilines is 1. The molecular weight excluding hydrogens is 422 g/mol. The van der Waals surface area contributed by atoms with Crippen LogP contribution in [0.3, 0.4) is 0 Å². The Balaban J connectivity index is 0.000000174. The van der Waals surface area contributed by atoms with Gasteiger partial charge in [0.05, 0.1) is 10.6 Å². The number of aromatic nitrogens is 1. The number of thiazole rings is 1. The van der Waals surface area contributed by atoms with E-state index in [2.05, 4.69) is 43.8 Å². The van der Waals surface area contributed by atoms with Crippen molar-refractivity contribution in [1.29, 1.82) is 0 Å². The van der Waals surface area contributed by atoms with E-state index < -0.39 is 23.1 Å². The number of carbonyl (C=O) groups excluding carboxylic acids is 1. The standard InChI is InChI=1S/C8H6BrNS2.C7H5F2NO2/c9-4-6-5-12-8(10-6)7-2-1-3-11-7;8-4-1-2-5(12)6(9)7(4)10-3-11/h1-3,5H,4H2;1-3,12H,(H,10,11). The van der Waals surface area contributed by atoms with Crippen LogP contribution >= 0.6 is 38.6 Å². The van der Waals surface area contributed by atoms with Crippen LogP contribution in [0.1, 0.15) is 5.69 Å². The molecule has 0 aliphatic heterocycles. The topological polar surface area (TPSA) is 62.2 Å². The van der Waals surface area contributed by atoms with E-state index in [4.69, 9.17) is 5.11 Å². The van der Waals surface area contributed by atoms with E-state index >= 15 is 0 Å². The van der Waals surface area contributed by atoms with Crippen molar-refractivity contribution in [3.8, 4) is 15.6 Å². The van der Waals surface area contributed by atoms with Gasteiger partial charge in [0.2, 0.25) is 6.41 Å². The number of phenolic OH excluding ortho intramolecular Hbond substituents is 1. The number of hydrogen-bond acceptors (Lipinski definition) is 5. The minimum absolute atomic E-state index is 0.126. The molecule has 0 radical (unpaired) electrons. The number of halogens is 3. The van der Waals surface area contributed by atoms with E-state index in [-0.39, 0.29) is 6.41 Å². The summed E-state index contributed by atoms with van der Waals surface area (Å²) in [6.07, 6.45) is 0.126. The van der Waals surface area contributed by atoms with E-state index in [0.29, 0.717) is 0 Å². The van der Waals surface area contributed by atoms with Crippen molar-refractivity contribution in [3.05, 3.63) is 52.4 Å². The Morgan fingerprint density at radius 3 is 2.67 bits per heavy atom. The predicted molar refractivity (Wildman–Crippen MR) is 95.8 cm³/mol. The third-order valence-corrected chi connectivity index (χ3v) is 5.20. The van der Waals surface area contributed by atoms with Crippen LogP contribution in [0.5, 0.6) is 5.75 Å². The summed E-state index contributed by atoms with van der Waals surface area (Å²) in [5.41, 5.74) is 0.466. The lowest BCUT2D eigenvalue weighted by molar-refractivity contribution is -0.105. The maximum absolute atomic E-state index is 12.7. The molecule has 2 aromatic heterocycles. The zero-order valence-corrected chi connectivity index (χ0v) is 15.2. The molecule has 24 heavy (non-hydrogen) atoms. The fourth-order valence-corrected chi connectivity index (χ4v) is 3.75. The number of nitrogens with one attached hydrogen (secondary N) is 1. The molecule has 0 unspecified atom stereocenters. The van der Waals surface area contributed by atoms with Gasteiger partial charge in [-0.05, 0) is 23.6 Å². The molecule has 4 nitrogen and oxygen atoms in total. The molecule has 9 heteroatoms. The summed E-state index contributed by atoms with van der Waals surface area (Å²) in [6.45, 7) is 0. The second kappa shape index (κ2) is 8.86. The Morgan fingerprint density at radius 2 is 2.08 bits per heavy atom. The van der Waals surface area contributed by atoms with Crippen molar-refractivity contribution >= 4 is 50.7 Å². The number of amides is 1. The van der Waals surface area contributed by atoms with Crippen molar-refractivity contribution in [2.45, 2.75) is 5.33 Å². The van der Waals surface area contributed by atoms with Crippen LogP contribution in [0, 0.1) is 11.6 Å². The Kier molecular flexibility index (Phi) is 6.83. The molecule has 0 fully saturated rings. The van der Waals surface area contributed by atoms with Gasteiger partial charge in [-0.2, -0.15) is 0 Å². The normalized spacial score (nSPS) is 9.96. The average Bonchev–Trinajstić information content (AvgIpc) is 3.26. The molecular formula is C15H11BrF2N2O2S2. The SMILES string of the molecule is BrCc1csc(-c2cccs2)n1.O=CNc1c(F)ccc(O)c1F. The number of thiophene rings is 1. The van der Waals surface area contributed by atoms with Crippen LogP contribution in [-0.4, -0.2) is 16.5 Å². The van der Waals surface area contributed by atoms with Crippen LogP contribution in [-0.2, 0) is 10.1 Å². The minimum atomic E-state index is -1.18. The summed E-state index contributed by atoms with van der Waals surface area (Å²) in [5, 5.41) is 16.7. The summed E-state index contributed by atoms with van der Waals surface area (Å²) in [6, 6.07) is 5.86. The number of carbonyl (C=O) groups is 1. The predicted octanol–water partition coefficient (Wildman–Crippen LogP) is 5.01. The smallest absolute Gasteiger partial charge is 0.211 e. The molecule has 0 spiro atoms. The number of alkyl halides is 1. The van der Waals surface area contributed by atoms with Crippen molar-refractivity contribution in [1.82, 2.24) is 4.98 Å². The molecule has 2 heterocycles. The van der Waals surface area contributed by atoms with Gasteiger partial charge in [-0.1, -0.05) is 22.0 Å². The van der Waals surface area contributed by atoms with Gasteiger partial charge in [0.25, 0.3) is 0 Å². The van der Waals surface area contributed by atoms with E-state index in [1.54, 1.807) is 28.0 Å². The number of benzene rings is 1. The van der Waals surface area contributed by atoms with Crippen LogP contribution in [0.2, 0.25) is 0 Å². The maximum Gasteiger partial charge on any atom is 0.211 e. The number of hydrogen-bond donors (Lipinski definition) is 2. The zero-order chi connectivity index (χ0) is 17.5. The lowest BCUT2D eigenvalue weighted by Crippen LogP contribution is -2.00. The molecule has 2 N–H and O–H groups in total. The number of nitrogens with zero attached hydrogens (tertiary/aromatic N) is 1. The third-order valence-electron chi connectivity index (χ3n) is 2.69. The summed E-state index contributed by atoms with van der Waals surface area (Å²) in [4.78, 5) is 15.6. The number of rotatable bonds is 4. The first kappa shape index (κ1) is 18.5. The Bertz CT molecular complexity index is 810. The highest BCUT2D eigenvalue weighted by Gasteiger charge is 2.11. The van der Waals surface area contributed by atoms with E-state index in [0.717, 1.165) is 28.2 Å². The van der Waals surface area contributed by atoms with Gasteiger partial charge in [-0.25, -0.2) is 13.8 Å². The molecule has 0 atom stereocenters. The van der Waals surface area contributed by atoms with Crippen LogP contribution in [0.4, 0.5) is 14.5 Å². The fourth-order valence-electron chi connectivity index (χ4n) is 1.61. The number of aromatic hydroxyl groups is 1. The summed E-state index contributed by atoms with van der Waals surface area (Å²) in [5.74, 6) is -2.82. The Morgan fingerprint density at radius 1 is 1.29 bits per heavy atom. The molecule has 0 saturated heterocycles. The molecule has 0 bridgehead atoms. The third kappa shape index (κ3) is 4.59. The van der Waals surface area contributed by atoms with Crippen molar-refractivity contribution < 1.29 is 18.7 Å². The second-order valence-corrected chi connectivity index (χ2v) is 6.64. The molecule has 3 aromatic rings. The average molecular weight is 433 g/mol. The molecule has 1 aromatic carbocycles. The highest BCUT2D eigenvalue weighted by atomic mass is 79.9. The first-order chi connectivity index (χ1) is 11.6. The first-order valence-corrected chi connectivity index (χ1v) is 9.36. The molecule has 3 rings (SSSR count). The quantitative estimate of drug-likeness (QED) is 0.450. The summed E-state index contributed by atoms with van der Waals surface area (Å²) >= 11 is 6.82. The van der Waals surface area contributed by atoms with E-state index in [9.17, 15) is 13.6 Å². The highest BCUT2D eigenvalue weighted by Crippen LogP contribution is 2.28. The zero-order valence-electron chi connectivity index (χ0n) is 12.0. The van der Waals surface area contributed by atoms with E-state index in [1.165, 1.54) is 4.88 Å². The van der Waals surface area contributed by atoms with Crippen molar-refractivity contribution in [3.63, 3.8) is 0 Å². The van der Waals surface area contributed by atoms with Gasteiger partial charge in [-0.3, -0.25) is 4.79 Å². The Hall–Kier alpha value is -1.84. The summed E-state index contributed by atoms with van der Waals surface area (Å²) in [7, 11) is 0. The largest absolute Gasteiger partial charge is 0.505 e. The molecule has 0 aliphatic rings. The molecule has 0 aliphatic carbocycles. The monoisotopic (exact) mass is 432 g/mol.